The van der Waals surface area contributed by atoms with Crippen LogP contribution in [0.3, 0.4) is 0 Å². The van der Waals surface area contributed by atoms with Crippen LogP contribution in [0.25, 0.3) is 0 Å². The van der Waals surface area contributed by atoms with Crippen LogP contribution in [0.15, 0.2) is 30.6 Å². The summed E-state index contributed by atoms with van der Waals surface area (Å²) in [4.78, 5) is 7.75. The van der Waals surface area contributed by atoms with Gasteiger partial charge in [0.05, 0.1) is 18.1 Å². The highest BCUT2D eigenvalue weighted by Crippen LogP contribution is 2.20. The topological polar surface area (TPSA) is 61.0 Å². The molecular weight excluding hydrogens is 209 g/mol. The average molecular weight is 219 g/mol. The van der Waals surface area contributed by atoms with Crippen molar-refractivity contribution in [1.29, 1.82) is 0 Å². The van der Waals surface area contributed by atoms with Gasteiger partial charge in [0.2, 0.25) is 0 Å². The van der Waals surface area contributed by atoms with Crippen LogP contribution >= 0.6 is 0 Å². The van der Waals surface area contributed by atoms with Gasteiger partial charge in [0.15, 0.2) is 0 Å². The van der Waals surface area contributed by atoms with Gasteiger partial charge in [-0.2, -0.15) is 0 Å². The van der Waals surface area contributed by atoms with Crippen LogP contribution < -0.4 is 10.5 Å². The Kier molecular flexibility index (Phi) is 2.68. The number of hydrogen-bond donors (Lipinski definition) is 1. The first kappa shape index (κ1) is 10.4. The lowest BCUT2D eigenvalue weighted by Gasteiger charge is -2.04. The van der Waals surface area contributed by atoms with Crippen molar-refractivity contribution in [3.05, 3.63) is 42.0 Å². The van der Waals surface area contributed by atoms with Gasteiger partial charge in [-0.1, -0.05) is 0 Å². The van der Waals surface area contributed by atoms with Crippen LogP contribution in [0.1, 0.15) is 5.56 Å². The molecule has 0 aliphatic carbocycles. The van der Waals surface area contributed by atoms with Gasteiger partial charge < -0.3 is 10.5 Å². The van der Waals surface area contributed by atoms with Crippen LogP contribution in [0.2, 0.25) is 0 Å². The molecule has 82 valence electrons. The number of ether oxygens (including phenoxy) is 1. The molecule has 0 saturated carbocycles. The number of anilines is 1. The van der Waals surface area contributed by atoms with Crippen molar-refractivity contribution >= 4 is 5.69 Å². The maximum atomic E-state index is 13.0. The van der Waals surface area contributed by atoms with E-state index in [0.29, 0.717) is 17.0 Å². The average Bonchev–Trinajstić information content (AvgIpc) is 2.27. The van der Waals surface area contributed by atoms with Crippen LogP contribution in [0.5, 0.6) is 11.8 Å². The number of nitrogens with two attached hydrogens (primary N) is 1. The molecule has 0 saturated heterocycles. The zero-order chi connectivity index (χ0) is 11.5. The SMILES string of the molecule is Cc1cc(Oc2ncc(N)cn2)ccc1F. The van der Waals surface area contributed by atoms with Gasteiger partial charge in [0, 0.05) is 0 Å². The van der Waals surface area contributed by atoms with Crippen LogP contribution in [0, 0.1) is 12.7 Å². The molecule has 0 spiro atoms. The van der Waals surface area contributed by atoms with E-state index < -0.39 is 0 Å². The van der Waals surface area contributed by atoms with Crippen molar-refractivity contribution in [3.63, 3.8) is 0 Å². The van der Waals surface area contributed by atoms with Gasteiger partial charge in [-0.05, 0) is 30.7 Å². The first-order valence-corrected chi connectivity index (χ1v) is 4.66. The number of nitrogen functional groups attached to an aromatic ring is 1. The molecule has 2 aromatic rings. The Bertz CT molecular complexity index is 499. The van der Waals surface area contributed by atoms with E-state index in [1.807, 2.05) is 0 Å². The Hall–Kier alpha value is -2.17. The Morgan fingerprint density at radius 2 is 1.94 bits per heavy atom. The van der Waals surface area contributed by atoms with E-state index in [0.717, 1.165) is 0 Å². The van der Waals surface area contributed by atoms with Crippen LogP contribution in [-0.2, 0) is 0 Å². The van der Waals surface area contributed by atoms with Gasteiger partial charge in [0.1, 0.15) is 11.6 Å². The molecule has 1 heterocycles. The number of hydrogen-bond acceptors (Lipinski definition) is 4. The summed E-state index contributed by atoms with van der Waals surface area (Å²) in [7, 11) is 0. The number of halogens is 1. The summed E-state index contributed by atoms with van der Waals surface area (Å²) in [5.41, 5.74) is 6.40. The lowest BCUT2D eigenvalue weighted by Crippen LogP contribution is -1.94. The highest BCUT2D eigenvalue weighted by Gasteiger charge is 2.02. The molecule has 0 amide bonds. The molecule has 1 aromatic carbocycles. The minimum absolute atomic E-state index is 0.181. The number of aromatic nitrogens is 2. The molecule has 0 fully saturated rings. The fourth-order valence-electron chi connectivity index (χ4n) is 1.16. The largest absolute Gasteiger partial charge is 0.424 e. The van der Waals surface area contributed by atoms with E-state index in [4.69, 9.17) is 10.5 Å². The smallest absolute Gasteiger partial charge is 0.322 e. The Morgan fingerprint density at radius 1 is 1.25 bits per heavy atom. The van der Waals surface area contributed by atoms with E-state index in [1.54, 1.807) is 13.0 Å². The molecule has 0 atom stereocenters. The first-order chi connectivity index (χ1) is 7.65. The summed E-state index contributed by atoms with van der Waals surface area (Å²) in [6.07, 6.45) is 2.89. The molecule has 2 rings (SSSR count). The van der Waals surface area contributed by atoms with Crippen molar-refractivity contribution in [1.82, 2.24) is 9.97 Å². The normalized spacial score (nSPS) is 10.1. The van der Waals surface area contributed by atoms with Gasteiger partial charge in [-0.25, -0.2) is 14.4 Å². The Morgan fingerprint density at radius 3 is 2.56 bits per heavy atom. The minimum atomic E-state index is -0.273. The number of nitrogens with zero attached hydrogens (tertiary/aromatic N) is 2. The van der Waals surface area contributed by atoms with E-state index in [9.17, 15) is 4.39 Å². The van der Waals surface area contributed by atoms with Crippen molar-refractivity contribution in [2.24, 2.45) is 0 Å². The fraction of sp³-hybridized carbons (Fsp3) is 0.0909. The zero-order valence-corrected chi connectivity index (χ0v) is 8.64. The third kappa shape index (κ3) is 2.25. The van der Waals surface area contributed by atoms with E-state index >= 15 is 0 Å². The number of rotatable bonds is 2. The van der Waals surface area contributed by atoms with Gasteiger partial charge in [-0.15, -0.1) is 0 Å². The van der Waals surface area contributed by atoms with Gasteiger partial charge >= 0.3 is 6.01 Å². The van der Waals surface area contributed by atoms with Gasteiger partial charge in [-0.3, -0.25) is 0 Å². The summed E-state index contributed by atoms with van der Waals surface area (Å²) in [5, 5.41) is 0. The Balaban J connectivity index is 2.20. The fourth-order valence-corrected chi connectivity index (χ4v) is 1.16. The molecule has 16 heavy (non-hydrogen) atoms. The molecule has 1 aromatic heterocycles. The van der Waals surface area contributed by atoms with Crippen molar-refractivity contribution in [3.8, 4) is 11.8 Å². The highest BCUT2D eigenvalue weighted by atomic mass is 19.1. The van der Waals surface area contributed by atoms with Crippen LogP contribution in [-0.4, -0.2) is 9.97 Å². The quantitative estimate of drug-likeness (QED) is 0.841. The molecule has 0 aliphatic heterocycles. The lowest BCUT2D eigenvalue weighted by atomic mass is 10.2. The summed E-state index contributed by atoms with van der Waals surface area (Å²) in [5.74, 6) is 0.217. The minimum Gasteiger partial charge on any atom is -0.424 e. The number of aryl methyl sites for hydroxylation is 1. The third-order valence-electron chi connectivity index (χ3n) is 1.99. The lowest BCUT2D eigenvalue weighted by molar-refractivity contribution is 0.440. The molecule has 4 nitrogen and oxygen atoms in total. The summed E-state index contributed by atoms with van der Waals surface area (Å²) in [6.45, 7) is 1.66. The molecule has 0 radical (unpaired) electrons. The highest BCUT2D eigenvalue weighted by molar-refractivity contribution is 5.33. The second-order valence-corrected chi connectivity index (χ2v) is 3.31. The molecule has 0 bridgehead atoms. The zero-order valence-electron chi connectivity index (χ0n) is 8.64. The van der Waals surface area contributed by atoms with Gasteiger partial charge in [0.25, 0.3) is 0 Å². The summed E-state index contributed by atoms with van der Waals surface area (Å²) in [6, 6.07) is 4.61. The van der Waals surface area contributed by atoms with E-state index in [2.05, 4.69) is 9.97 Å². The molecular formula is C11H10FN3O. The standard InChI is InChI=1S/C11H10FN3O/c1-7-4-9(2-3-10(7)12)16-11-14-5-8(13)6-15-11/h2-6H,13H2,1H3. The van der Waals surface area contributed by atoms with E-state index in [-0.39, 0.29) is 11.8 Å². The van der Waals surface area contributed by atoms with Crippen molar-refractivity contribution < 1.29 is 9.13 Å². The maximum Gasteiger partial charge on any atom is 0.322 e. The van der Waals surface area contributed by atoms with Crippen molar-refractivity contribution in [2.45, 2.75) is 6.92 Å². The molecule has 2 N–H and O–H groups in total. The third-order valence-corrected chi connectivity index (χ3v) is 1.99. The molecule has 5 heteroatoms. The number of benzene rings is 1. The van der Waals surface area contributed by atoms with Crippen LogP contribution in [0.4, 0.5) is 10.1 Å². The summed E-state index contributed by atoms with van der Waals surface area (Å²) < 4.78 is 18.3. The first-order valence-electron chi connectivity index (χ1n) is 4.66. The second kappa shape index (κ2) is 4.14. The van der Waals surface area contributed by atoms with E-state index in [1.165, 1.54) is 24.5 Å². The predicted octanol–water partition coefficient (Wildman–Crippen LogP) is 2.30. The maximum absolute atomic E-state index is 13.0. The molecule has 0 aliphatic rings. The monoisotopic (exact) mass is 219 g/mol. The second-order valence-electron chi connectivity index (χ2n) is 3.31. The summed E-state index contributed by atoms with van der Waals surface area (Å²) >= 11 is 0. The molecule has 0 unspecified atom stereocenters. The predicted molar refractivity (Wildman–Crippen MR) is 57.7 cm³/mol. The van der Waals surface area contributed by atoms with Crippen molar-refractivity contribution in [2.75, 3.05) is 5.73 Å². The Labute approximate surface area is 91.9 Å².